The van der Waals surface area contributed by atoms with Gasteiger partial charge < -0.3 is 10.1 Å². The minimum absolute atomic E-state index is 0.380. The summed E-state index contributed by atoms with van der Waals surface area (Å²) < 4.78 is 20.2. The summed E-state index contributed by atoms with van der Waals surface area (Å²) in [6, 6.07) is 4.42. The molecule has 3 rings (SSSR count). The number of nitrogens with zero attached hydrogens (tertiary/aromatic N) is 4. The summed E-state index contributed by atoms with van der Waals surface area (Å²) in [4.78, 5) is 8.42. The standard InChI is InChI=1S/C14H14FN5O/c1-8-9(2)18-14-16-7-17-20(14)13(8)19-11-4-10(15)5-12(6-11)21-3/h4-7,19H,1-3H3. The molecule has 0 aliphatic heterocycles. The molecule has 1 N–H and O–H groups in total. The van der Waals surface area contributed by atoms with Gasteiger partial charge >= 0.3 is 0 Å². The number of ether oxygens (including phenoxy) is 1. The number of benzene rings is 1. The predicted molar refractivity (Wildman–Crippen MR) is 76.5 cm³/mol. The number of hydrogen-bond donors (Lipinski definition) is 1. The van der Waals surface area contributed by atoms with Gasteiger partial charge in [-0.15, -0.1) is 0 Å². The molecule has 21 heavy (non-hydrogen) atoms. The Labute approximate surface area is 120 Å². The molecule has 0 amide bonds. The molecule has 1 aromatic carbocycles. The van der Waals surface area contributed by atoms with E-state index in [-0.39, 0.29) is 5.82 Å². The van der Waals surface area contributed by atoms with Gasteiger partial charge in [-0.1, -0.05) is 0 Å². The van der Waals surface area contributed by atoms with Crippen molar-refractivity contribution in [3.8, 4) is 5.75 Å². The van der Waals surface area contributed by atoms with Crippen LogP contribution in [-0.2, 0) is 0 Å². The highest BCUT2D eigenvalue weighted by molar-refractivity contribution is 5.63. The molecule has 7 heteroatoms. The molecule has 0 spiro atoms. The second-order valence-electron chi connectivity index (χ2n) is 4.65. The van der Waals surface area contributed by atoms with Gasteiger partial charge in [0.2, 0.25) is 0 Å². The normalized spacial score (nSPS) is 10.9. The van der Waals surface area contributed by atoms with Crippen LogP contribution in [0.25, 0.3) is 5.78 Å². The second-order valence-corrected chi connectivity index (χ2v) is 4.65. The first kappa shape index (κ1) is 13.3. The van der Waals surface area contributed by atoms with Crippen LogP contribution in [-0.4, -0.2) is 26.7 Å². The van der Waals surface area contributed by atoms with E-state index in [1.165, 1.54) is 25.6 Å². The van der Waals surface area contributed by atoms with Crippen LogP contribution in [0.4, 0.5) is 15.9 Å². The van der Waals surface area contributed by atoms with Crippen LogP contribution in [0.1, 0.15) is 11.3 Å². The molecule has 0 saturated carbocycles. The van der Waals surface area contributed by atoms with Crippen LogP contribution in [0, 0.1) is 19.7 Å². The van der Waals surface area contributed by atoms with Crippen molar-refractivity contribution in [1.82, 2.24) is 19.6 Å². The smallest absolute Gasteiger partial charge is 0.254 e. The van der Waals surface area contributed by atoms with Crippen LogP contribution in [0.15, 0.2) is 24.5 Å². The molecule has 6 nitrogen and oxygen atoms in total. The average Bonchev–Trinajstić information content (AvgIpc) is 2.91. The zero-order valence-electron chi connectivity index (χ0n) is 11.9. The molecule has 2 heterocycles. The van der Waals surface area contributed by atoms with Gasteiger partial charge in [-0.3, -0.25) is 0 Å². The van der Waals surface area contributed by atoms with E-state index >= 15 is 0 Å². The van der Waals surface area contributed by atoms with E-state index in [1.807, 2.05) is 13.8 Å². The Morgan fingerprint density at radius 3 is 2.81 bits per heavy atom. The van der Waals surface area contributed by atoms with E-state index in [2.05, 4.69) is 20.4 Å². The molecule has 0 aliphatic rings. The van der Waals surface area contributed by atoms with Crippen LogP contribution in [0.3, 0.4) is 0 Å². The number of halogens is 1. The Kier molecular flexibility index (Phi) is 3.17. The number of anilines is 2. The van der Waals surface area contributed by atoms with E-state index in [9.17, 15) is 4.39 Å². The van der Waals surface area contributed by atoms with Crippen LogP contribution in [0.2, 0.25) is 0 Å². The molecule has 0 aliphatic carbocycles. The fourth-order valence-corrected chi connectivity index (χ4v) is 2.07. The van der Waals surface area contributed by atoms with Gasteiger partial charge in [0.1, 0.15) is 23.7 Å². The maximum absolute atomic E-state index is 13.6. The molecule has 0 bridgehead atoms. The first-order chi connectivity index (χ1) is 10.1. The summed E-state index contributed by atoms with van der Waals surface area (Å²) in [7, 11) is 1.50. The maximum Gasteiger partial charge on any atom is 0.254 e. The van der Waals surface area contributed by atoms with Crippen molar-refractivity contribution >= 4 is 17.3 Å². The Morgan fingerprint density at radius 2 is 2.05 bits per heavy atom. The lowest BCUT2D eigenvalue weighted by molar-refractivity contribution is 0.411. The van der Waals surface area contributed by atoms with E-state index in [0.29, 0.717) is 23.0 Å². The molecule has 3 aromatic rings. The number of fused-ring (bicyclic) bond motifs is 1. The Bertz CT molecular complexity index is 814. The van der Waals surface area contributed by atoms with E-state index in [1.54, 1.807) is 10.6 Å². The molecule has 0 atom stereocenters. The highest BCUT2D eigenvalue weighted by atomic mass is 19.1. The molecular weight excluding hydrogens is 273 g/mol. The third kappa shape index (κ3) is 2.37. The van der Waals surface area contributed by atoms with Gasteiger partial charge in [0.05, 0.1) is 7.11 Å². The van der Waals surface area contributed by atoms with Crippen molar-refractivity contribution < 1.29 is 9.13 Å². The lowest BCUT2D eigenvalue weighted by Crippen LogP contribution is -2.06. The van der Waals surface area contributed by atoms with Gasteiger partial charge in [0.25, 0.3) is 5.78 Å². The summed E-state index contributed by atoms with van der Waals surface area (Å²) in [5, 5.41) is 7.30. The number of aromatic nitrogens is 4. The highest BCUT2D eigenvalue weighted by Crippen LogP contribution is 2.26. The summed E-state index contributed by atoms with van der Waals surface area (Å²) in [6.07, 6.45) is 1.43. The zero-order valence-corrected chi connectivity index (χ0v) is 11.9. The quantitative estimate of drug-likeness (QED) is 0.802. The lowest BCUT2D eigenvalue weighted by atomic mass is 10.2. The largest absolute Gasteiger partial charge is 0.497 e. The Morgan fingerprint density at radius 1 is 1.24 bits per heavy atom. The van der Waals surface area contributed by atoms with Crippen molar-refractivity contribution in [3.63, 3.8) is 0 Å². The number of hydrogen-bond acceptors (Lipinski definition) is 5. The Hall–Kier alpha value is -2.70. The summed E-state index contributed by atoms with van der Waals surface area (Å²) >= 11 is 0. The van der Waals surface area contributed by atoms with Gasteiger partial charge in [0.15, 0.2) is 0 Å². The summed E-state index contributed by atoms with van der Waals surface area (Å²) in [5.41, 5.74) is 2.31. The number of methoxy groups -OCH3 is 1. The number of rotatable bonds is 3. The van der Waals surface area contributed by atoms with Gasteiger partial charge in [0, 0.05) is 29.1 Å². The number of aryl methyl sites for hydroxylation is 1. The van der Waals surface area contributed by atoms with E-state index in [0.717, 1.165) is 11.3 Å². The molecule has 2 aromatic heterocycles. The topological polar surface area (TPSA) is 64.3 Å². The monoisotopic (exact) mass is 287 g/mol. The fraction of sp³-hybridized carbons (Fsp3) is 0.214. The molecular formula is C14H14FN5O. The van der Waals surface area contributed by atoms with E-state index < -0.39 is 0 Å². The van der Waals surface area contributed by atoms with Crippen molar-refractivity contribution in [2.24, 2.45) is 0 Å². The van der Waals surface area contributed by atoms with Crippen LogP contribution >= 0.6 is 0 Å². The first-order valence-corrected chi connectivity index (χ1v) is 6.37. The first-order valence-electron chi connectivity index (χ1n) is 6.37. The fourth-order valence-electron chi connectivity index (χ4n) is 2.07. The molecule has 0 radical (unpaired) electrons. The molecule has 0 unspecified atom stereocenters. The van der Waals surface area contributed by atoms with Crippen molar-refractivity contribution in [1.29, 1.82) is 0 Å². The van der Waals surface area contributed by atoms with Gasteiger partial charge in [-0.2, -0.15) is 14.6 Å². The minimum atomic E-state index is -0.380. The van der Waals surface area contributed by atoms with Crippen molar-refractivity contribution in [2.45, 2.75) is 13.8 Å². The van der Waals surface area contributed by atoms with Gasteiger partial charge in [-0.25, -0.2) is 9.37 Å². The van der Waals surface area contributed by atoms with Crippen molar-refractivity contribution in [2.75, 3.05) is 12.4 Å². The molecule has 108 valence electrons. The molecule has 0 fully saturated rings. The third-order valence-electron chi connectivity index (χ3n) is 3.28. The van der Waals surface area contributed by atoms with Crippen molar-refractivity contribution in [3.05, 3.63) is 41.6 Å². The highest BCUT2D eigenvalue weighted by Gasteiger charge is 2.12. The second kappa shape index (κ2) is 5.01. The molecule has 0 saturated heterocycles. The van der Waals surface area contributed by atoms with E-state index in [4.69, 9.17) is 4.74 Å². The van der Waals surface area contributed by atoms with Crippen LogP contribution < -0.4 is 10.1 Å². The third-order valence-corrected chi connectivity index (χ3v) is 3.28. The maximum atomic E-state index is 13.6. The lowest BCUT2D eigenvalue weighted by Gasteiger charge is -2.13. The summed E-state index contributed by atoms with van der Waals surface area (Å²) in [5.74, 6) is 1.25. The predicted octanol–water partition coefficient (Wildman–Crippen LogP) is 2.63. The SMILES string of the molecule is COc1cc(F)cc(Nc2c(C)c(C)nc3ncnn23)c1. The van der Waals surface area contributed by atoms with Gasteiger partial charge in [-0.05, 0) is 19.9 Å². The Balaban J connectivity index is 2.11. The average molecular weight is 287 g/mol. The minimum Gasteiger partial charge on any atom is -0.497 e. The zero-order chi connectivity index (χ0) is 15.0. The van der Waals surface area contributed by atoms with Crippen LogP contribution in [0.5, 0.6) is 5.75 Å². The summed E-state index contributed by atoms with van der Waals surface area (Å²) in [6.45, 7) is 3.81. The number of nitrogens with one attached hydrogen (secondary N) is 1.